The number of rotatable bonds is 5. The zero-order chi connectivity index (χ0) is 25.9. The molecule has 0 radical (unpaired) electrons. The lowest BCUT2D eigenvalue weighted by Crippen LogP contribution is -2.33. The van der Waals surface area contributed by atoms with Crippen molar-refractivity contribution in [1.82, 2.24) is 20.2 Å². The van der Waals surface area contributed by atoms with Crippen molar-refractivity contribution < 1.29 is 14.3 Å². The number of para-hydroxylation sites is 1. The van der Waals surface area contributed by atoms with E-state index < -0.39 is 0 Å². The molecule has 1 fully saturated rings. The Balaban J connectivity index is 1.61. The summed E-state index contributed by atoms with van der Waals surface area (Å²) < 4.78 is 5.52. The van der Waals surface area contributed by atoms with Crippen LogP contribution in [0.2, 0.25) is 5.02 Å². The first-order chi connectivity index (χ1) is 18.0. The van der Waals surface area contributed by atoms with Gasteiger partial charge >= 0.3 is 0 Å². The number of anilines is 2. The molecule has 3 aromatic rings. The van der Waals surface area contributed by atoms with E-state index in [0.717, 1.165) is 24.1 Å². The highest BCUT2D eigenvalue weighted by Gasteiger charge is 2.29. The molecule has 2 amide bonds. The highest BCUT2D eigenvalue weighted by molar-refractivity contribution is 6.32. The second-order valence-electron chi connectivity index (χ2n) is 8.76. The Labute approximate surface area is 220 Å². The summed E-state index contributed by atoms with van der Waals surface area (Å²) in [4.78, 5) is 34.7. The molecule has 188 valence electrons. The van der Waals surface area contributed by atoms with Crippen molar-refractivity contribution in [2.24, 2.45) is 0 Å². The number of carbonyl (C=O) groups is 2. The molecule has 0 unspecified atom stereocenters. The Kier molecular flexibility index (Phi) is 6.89. The largest absolute Gasteiger partial charge is 0.493 e. The first kappa shape index (κ1) is 24.5. The predicted octanol–water partition coefficient (Wildman–Crippen LogP) is 4.30. The summed E-state index contributed by atoms with van der Waals surface area (Å²) >= 11 is 6.36. The number of likely N-dealkylation sites (tertiary alicyclic amines) is 1. The highest BCUT2D eigenvalue weighted by atomic mass is 35.5. The Bertz CT molecular complexity index is 1450. The highest BCUT2D eigenvalue weighted by Crippen LogP contribution is 2.41. The van der Waals surface area contributed by atoms with Crippen LogP contribution in [0.25, 0.3) is 11.3 Å². The van der Waals surface area contributed by atoms with Crippen LogP contribution in [0.3, 0.4) is 0 Å². The lowest BCUT2D eigenvalue weighted by Gasteiger charge is -2.18. The third-order valence-electron chi connectivity index (χ3n) is 6.57. The van der Waals surface area contributed by atoms with Crippen LogP contribution < -0.4 is 15.4 Å². The molecule has 0 bridgehead atoms. The standard InChI is InChI=1S/C28H26ClN5O3/c1-3-23(35)34-15-5-6-18(34)10-9-17-16-30-13-11-19(17)25-26(24-21(32-25)12-14-31-28(24)36)33-22-8-4-7-20(29)27(22)37-2/h3-4,7-8,11,13,16,18,32-33H,1,5-6,12,14-15H2,2H3,(H,31,36)/t18-/m1/s1. The molecular formula is C28H26ClN5O3. The summed E-state index contributed by atoms with van der Waals surface area (Å²) in [5, 5.41) is 6.77. The van der Waals surface area contributed by atoms with Gasteiger partial charge in [-0.3, -0.25) is 14.6 Å². The van der Waals surface area contributed by atoms with E-state index in [-0.39, 0.29) is 17.9 Å². The van der Waals surface area contributed by atoms with Crippen molar-refractivity contribution in [2.75, 3.05) is 25.5 Å². The van der Waals surface area contributed by atoms with Crippen molar-refractivity contribution in [2.45, 2.75) is 25.3 Å². The molecule has 2 aromatic heterocycles. The Morgan fingerprint density at radius 1 is 1.38 bits per heavy atom. The summed E-state index contributed by atoms with van der Waals surface area (Å²) in [5.41, 5.74) is 4.78. The van der Waals surface area contributed by atoms with E-state index in [4.69, 9.17) is 16.3 Å². The molecule has 1 aromatic carbocycles. The summed E-state index contributed by atoms with van der Waals surface area (Å²) in [6.45, 7) is 4.81. The van der Waals surface area contributed by atoms with Gasteiger partial charge in [-0.05, 0) is 37.1 Å². The number of carbonyl (C=O) groups excluding carboxylic acids is 2. The van der Waals surface area contributed by atoms with E-state index in [1.807, 2.05) is 18.2 Å². The predicted molar refractivity (Wildman–Crippen MR) is 143 cm³/mol. The van der Waals surface area contributed by atoms with Gasteiger partial charge in [-0.1, -0.05) is 36.1 Å². The third kappa shape index (κ3) is 4.66. The molecule has 9 heteroatoms. The zero-order valence-corrected chi connectivity index (χ0v) is 21.1. The van der Waals surface area contributed by atoms with Crippen LogP contribution in [-0.2, 0) is 11.2 Å². The summed E-state index contributed by atoms with van der Waals surface area (Å²) in [6.07, 6.45) is 7.07. The summed E-state index contributed by atoms with van der Waals surface area (Å²) in [5.74, 6) is 6.69. The van der Waals surface area contributed by atoms with Crippen LogP contribution >= 0.6 is 11.6 Å². The second-order valence-corrected chi connectivity index (χ2v) is 9.17. The number of fused-ring (bicyclic) bond motifs is 1. The van der Waals surface area contributed by atoms with E-state index >= 15 is 0 Å². The van der Waals surface area contributed by atoms with Gasteiger partial charge in [-0.2, -0.15) is 0 Å². The van der Waals surface area contributed by atoms with Crippen molar-refractivity contribution in [1.29, 1.82) is 0 Å². The number of pyridine rings is 1. The van der Waals surface area contributed by atoms with Crippen LogP contribution in [0, 0.1) is 11.8 Å². The fourth-order valence-electron chi connectivity index (χ4n) is 4.83. The molecule has 2 aliphatic heterocycles. The number of ether oxygens (including phenoxy) is 1. The first-order valence-electron chi connectivity index (χ1n) is 12.0. The van der Waals surface area contributed by atoms with Crippen molar-refractivity contribution in [3.63, 3.8) is 0 Å². The van der Waals surface area contributed by atoms with E-state index in [1.54, 1.807) is 30.5 Å². The number of methoxy groups -OCH3 is 1. The number of aromatic nitrogens is 2. The molecule has 2 aliphatic rings. The SMILES string of the molecule is C=CC(=O)N1CCC[C@@H]1C#Cc1cnccc1-c1[nH]c2c(c1Nc1cccc(Cl)c1OC)C(=O)NCC2. The minimum atomic E-state index is -0.186. The van der Waals surface area contributed by atoms with Crippen molar-refractivity contribution in [3.8, 4) is 28.8 Å². The lowest BCUT2D eigenvalue weighted by atomic mass is 10.0. The van der Waals surface area contributed by atoms with Crippen LogP contribution in [0.5, 0.6) is 5.75 Å². The van der Waals surface area contributed by atoms with E-state index in [2.05, 4.69) is 39.0 Å². The summed E-state index contributed by atoms with van der Waals surface area (Å²) in [6, 6.07) is 7.07. The van der Waals surface area contributed by atoms with Crippen LogP contribution in [0.1, 0.15) is 34.5 Å². The van der Waals surface area contributed by atoms with Gasteiger partial charge in [-0.25, -0.2) is 0 Å². The van der Waals surface area contributed by atoms with E-state index in [1.165, 1.54) is 6.08 Å². The van der Waals surface area contributed by atoms with Gasteiger partial charge in [0.05, 0.1) is 46.4 Å². The number of halogens is 1. The molecule has 8 nitrogen and oxygen atoms in total. The van der Waals surface area contributed by atoms with Gasteiger partial charge in [0.1, 0.15) is 0 Å². The fourth-order valence-corrected chi connectivity index (χ4v) is 5.08. The maximum absolute atomic E-state index is 13.0. The van der Waals surface area contributed by atoms with E-state index in [9.17, 15) is 9.59 Å². The van der Waals surface area contributed by atoms with Gasteiger partial charge in [0, 0.05) is 43.2 Å². The quantitative estimate of drug-likeness (QED) is 0.347. The number of H-pyrrole nitrogens is 1. The average Bonchev–Trinajstić information content (AvgIpc) is 3.53. The number of nitrogens with zero attached hydrogens (tertiary/aromatic N) is 2. The number of benzene rings is 1. The molecule has 5 rings (SSSR count). The van der Waals surface area contributed by atoms with Gasteiger partial charge in [0.2, 0.25) is 5.91 Å². The van der Waals surface area contributed by atoms with Gasteiger partial charge in [0.25, 0.3) is 5.91 Å². The summed E-state index contributed by atoms with van der Waals surface area (Å²) in [7, 11) is 1.55. The molecule has 4 heterocycles. The molecule has 37 heavy (non-hydrogen) atoms. The Morgan fingerprint density at radius 2 is 2.24 bits per heavy atom. The maximum atomic E-state index is 13.0. The number of hydrogen-bond donors (Lipinski definition) is 3. The lowest BCUT2D eigenvalue weighted by molar-refractivity contribution is -0.125. The minimum absolute atomic E-state index is 0.117. The van der Waals surface area contributed by atoms with Crippen molar-refractivity contribution in [3.05, 3.63) is 71.2 Å². The monoisotopic (exact) mass is 515 g/mol. The second kappa shape index (κ2) is 10.4. The van der Waals surface area contributed by atoms with E-state index in [0.29, 0.717) is 58.5 Å². The minimum Gasteiger partial charge on any atom is -0.493 e. The van der Waals surface area contributed by atoms with Gasteiger partial charge < -0.3 is 25.3 Å². The fraction of sp³-hybridized carbons (Fsp3) is 0.250. The van der Waals surface area contributed by atoms with Gasteiger partial charge in [-0.15, -0.1) is 0 Å². The normalized spacial score (nSPS) is 16.3. The first-order valence-corrected chi connectivity index (χ1v) is 12.4. The van der Waals surface area contributed by atoms with Crippen LogP contribution in [-0.4, -0.2) is 52.9 Å². The Hall–Kier alpha value is -4.22. The topological polar surface area (TPSA) is 99.3 Å². The number of nitrogens with one attached hydrogen (secondary N) is 3. The smallest absolute Gasteiger partial charge is 0.255 e. The number of amides is 2. The molecule has 1 saturated heterocycles. The molecular weight excluding hydrogens is 490 g/mol. The molecule has 0 saturated carbocycles. The zero-order valence-electron chi connectivity index (χ0n) is 20.4. The number of hydrogen-bond acceptors (Lipinski definition) is 5. The third-order valence-corrected chi connectivity index (χ3v) is 6.87. The number of aromatic amines is 1. The molecule has 1 atom stereocenters. The van der Waals surface area contributed by atoms with Crippen LogP contribution in [0.4, 0.5) is 11.4 Å². The maximum Gasteiger partial charge on any atom is 0.255 e. The Morgan fingerprint density at radius 3 is 3.05 bits per heavy atom. The molecule has 0 spiro atoms. The molecule has 0 aliphatic carbocycles. The van der Waals surface area contributed by atoms with Gasteiger partial charge in [0.15, 0.2) is 5.75 Å². The van der Waals surface area contributed by atoms with Crippen molar-refractivity contribution >= 4 is 34.8 Å². The average molecular weight is 516 g/mol. The van der Waals surface area contributed by atoms with Crippen LogP contribution in [0.15, 0.2) is 49.3 Å². The molecule has 3 N–H and O–H groups in total.